The molecule has 0 spiro atoms. The second kappa shape index (κ2) is 6.98. The smallest absolute Gasteiger partial charge is 0.0277 e. The van der Waals surface area contributed by atoms with E-state index < -0.39 is 0 Å². The summed E-state index contributed by atoms with van der Waals surface area (Å²) in [6, 6.07) is 0.579. The highest BCUT2D eigenvalue weighted by molar-refractivity contribution is 7.98. The summed E-state index contributed by atoms with van der Waals surface area (Å²) in [4.78, 5) is 5.05. The molecule has 1 fully saturated rings. The van der Waals surface area contributed by atoms with Gasteiger partial charge in [0.1, 0.15) is 0 Å². The molecule has 0 aromatic carbocycles. The molecular weight excluding hydrogens is 230 g/mol. The van der Waals surface area contributed by atoms with Gasteiger partial charge in [0, 0.05) is 37.8 Å². The zero-order valence-electron chi connectivity index (χ0n) is 11.9. The predicted octanol–water partition coefficient (Wildman–Crippen LogP) is 1.48. The van der Waals surface area contributed by atoms with E-state index in [0.717, 1.165) is 19.6 Å². The third kappa shape index (κ3) is 4.43. The van der Waals surface area contributed by atoms with Gasteiger partial charge in [0.25, 0.3) is 0 Å². The minimum Gasteiger partial charge on any atom is -0.329 e. The number of thioether (sulfide) groups is 1. The normalized spacial score (nSPS) is 23.8. The summed E-state index contributed by atoms with van der Waals surface area (Å²) in [6.45, 7) is 8.93. The number of piperazine rings is 1. The van der Waals surface area contributed by atoms with Gasteiger partial charge in [-0.3, -0.25) is 9.80 Å². The van der Waals surface area contributed by atoms with Crippen LogP contribution in [0, 0.1) is 0 Å². The van der Waals surface area contributed by atoms with Gasteiger partial charge >= 0.3 is 0 Å². The Morgan fingerprint density at radius 3 is 2.59 bits per heavy atom. The van der Waals surface area contributed by atoms with Gasteiger partial charge in [0.05, 0.1) is 0 Å². The molecule has 1 aliphatic rings. The molecule has 1 heterocycles. The lowest BCUT2D eigenvalue weighted by Crippen LogP contribution is -2.60. The first-order valence-corrected chi connectivity index (χ1v) is 8.05. The van der Waals surface area contributed by atoms with E-state index in [4.69, 9.17) is 5.73 Å². The molecule has 102 valence electrons. The Bertz CT molecular complexity index is 221. The monoisotopic (exact) mass is 259 g/mol. The topological polar surface area (TPSA) is 32.5 Å². The van der Waals surface area contributed by atoms with E-state index in [1.165, 1.54) is 25.1 Å². The number of likely N-dealkylation sites (N-methyl/N-ethyl adjacent to an activating group) is 1. The summed E-state index contributed by atoms with van der Waals surface area (Å²) in [5.41, 5.74) is 6.23. The van der Waals surface area contributed by atoms with Crippen LogP contribution in [-0.4, -0.2) is 66.6 Å². The van der Waals surface area contributed by atoms with Crippen LogP contribution in [0.25, 0.3) is 0 Å². The summed E-state index contributed by atoms with van der Waals surface area (Å²) in [7, 11) is 2.22. The van der Waals surface area contributed by atoms with Crippen molar-refractivity contribution in [1.29, 1.82) is 0 Å². The van der Waals surface area contributed by atoms with Crippen LogP contribution < -0.4 is 5.73 Å². The quantitative estimate of drug-likeness (QED) is 0.733. The second-order valence-corrected chi connectivity index (χ2v) is 6.71. The molecule has 0 saturated carbocycles. The van der Waals surface area contributed by atoms with E-state index in [-0.39, 0.29) is 5.54 Å². The molecule has 2 N–H and O–H groups in total. The average molecular weight is 259 g/mol. The van der Waals surface area contributed by atoms with Crippen molar-refractivity contribution in [3.05, 3.63) is 0 Å². The van der Waals surface area contributed by atoms with Gasteiger partial charge in [0.15, 0.2) is 0 Å². The fourth-order valence-corrected chi connectivity index (χ4v) is 2.96. The van der Waals surface area contributed by atoms with Crippen LogP contribution in [-0.2, 0) is 0 Å². The van der Waals surface area contributed by atoms with E-state index in [9.17, 15) is 0 Å². The van der Waals surface area contributed by atoms with Crippen molar-refractivity contribution in [3.8, 4) is 0 Å². The van der Waals surface area contributed by atoms with Gasteiger partial charge in [-0.1, -0.05) is 0 Å². The number of nitrogens with two attached hydrogens (primary N) is 1. The highest BCUT2D eigenvalue weighted by atomic mass is 32.2. The molecule has 1 aliphatic heterocycles. The molecular formula is C13H29N3S. The van der Waals surface area contributed by atoms with Crippen LogP contribution in [0.4, 0.5) is 0 Å². The third-order valence-corrected chi connectivity index (χ3v) is 4.72. The highest BCUT2D eigenvalue weighted by Gasteiger charge is 2.33. The van der Waals surface area contributed by atoms with Crippen molar-refractivity contribution in [2.75, 3.05) is 45.2 Å². The Balaban J connectivity index is 2.46. The van der Waals surface area contributed by atoms with Crippen LogP contribution in [0.15, 0.2) is 0 Å². The summed E-state index contributed by atoms with van der Waals surface area (Å²) < 4.78 is 0. The molecule has 1 atom stereocenters. The van der Waals surface area contributed by atoms with Gasteiger partial charge in [-0.05, 0) is 45.7 Å². The van der Waals surface area contributed by atoms with Crippen molar-refractivity contribution in [3.63, 3.8) is 0 Å². The van der Waals surface area contributed by atoms with Crippen LogP contribution >= 0.6 is 11.8 Å². The van der Waals surface area contributed by atoms with Crippen LogP contribution in [0.3, 0.4) is 0 Å². The number of hydrogen-bond donors (Lipinski definition) is 1. The molecule has 0 aromatic rings. The second-order valence-electron chi connectivity index (χ2n) is 5.73. The van der Waals surface area contributed by atoms with E-state index in [1.54, 1.807) is 0 Å². The summed E-state index contributed by atoms with van der Waals surface area (Å²) in [5, 5.41) is 0. The Morgan fingerprint density at radius 1 is 1.35 bits per heavy atom. The summed E-state index contributed by atoms with van der Waals surface area (Å²) >= 11 is 1.93. The Kier molecular flexibility index (Phi) is 6.27. The van der Waals surface area contributed by atoms with Crippen molar-refractivity contribution < 1.29 is 0 Å². The van der Waals surface area contributed by atoms with Crippen LogP contribution in [0.1, 0.15) is 26.7 Å². The van der Waals surface area contributed by atoms with Gasteiger partial charge in [-0.25, -0.2) is 0 Å². The number of nitrogens with zero attached hydrogens (tertiary/aromatic N) is 2. The van der Waals surface area contributed by atoms with Crippen molar-refractivity contribution in [2.24, 2.45) is 5.73 Å². The van der Waals surface area contributed by atoms with E-state index in [2.05, 4.69) is 37.0 Å². The first kappa shape index (κ1) is 15.3. The SMILES string of the molecule is CSCCCC(CN)N1CCN(C)C(C)(C)C1. The molecule has 1 saturated heterocycles. The van der Waals surface area contributed by atoms with E-state index >= 15 is 0 Å². The fraction of sp³-hybridized carbons (Fsp3) is 1.00. The van der Waals surface area contributed by atoms with Gasteiger partial charge in [-0.2, -0.15) is 11.8 Å². The van der Waals surface area contributed by atoms with Gasteiger partial charge in [-0.15, -0.1) is 0 Å². The Labute approximate surface area is 111 Å². The lowest BCUT2D eigenvalue weighted by atomic mass is 9.97. The van der Waals surface area contributed by atoms with E-state index in [0.29, 0.717) is 6.04 Å². The molecule has 3 nitrogen and oxygen atoms in total. The van der Waals surface area contributed by atoms with Gasteiger partial charge < -0.3 is 5.73 Å². The molecule has 0 aromatic heterocycles. The summed E-state index contributed by atoms with van der Waals surface area (Å²) in [6.07, 6.45) is 4.71. The standard InChI is InChI=1S/C13H29N3S/c1-13(2)11-16(8-7-15(13)3)12(10-14)6-5-9-17-4/h12H,5-11,14H2,1-4H3. The fourth-order valence-electron chi connectivity index (χ4n) is 2.50. The first-order chi connectivity index (χ1) is 8.01. The van der Waals surface area contributed by atoms with E-state index in [1.807, 2.05) is 11.8 Å². The summed E-state index contributed by atoms with van der Waals surface area (Å²) in [5.74, 6) is 1.26. The molecule has 4 heteroatoms. The maximum Gasteiger partial charge on any atom is 0.0277 e. The minimum atomic E-state index is 0.283. The molecule has 17 heavy (non-hydrogen) atoms. The zero-order valence-corrected chi connectivity index (χ0v) is 12.7. The van der Waals surface area contributed by atoms with Crippen LogP contribution in [0.2, 0.25) is 0 Å². The molecule has 0 bridgehead atoms. The molecule has 1 unspecified atom stereocenters. The number of hydrogen-bond acceptors (Lipinski definition) is 4. The van der Waals surface area contributed by atoms with Crippen molar-refractivity contribution >= 4 is 11.8 Å². The number of rotatable bonds is 6. The lowest BCUT2D eigenvalue weighted by Gasteiger charge is -2.48. The average Bonchev–Trinajstić information content (AvgIpc) is 2.28. The first-order valence-electron chi connectivity index (χ1n) is 6.65. The van der Waals surface area contributed by atoms with Crippen molar-refractivity contribution in [2.45, 2.75) is 38.3 Å². The minimum absolute atomic E-state index is 0.283. The maximum atomic E-state index is 5.95. The van der Waals surface area contributed by atoms with Crippen molar-refractivity contribution in [1.82, 2.24) is 9.80 Å². The highest BCUT2D eigenvalue weighted by Crippen LogP contribution is 2.21. The molecule has 0 amide bonds. The predicted molar refractivity (Wildman–Crippen MR) is 78.7 cm³/mol. The Hall–Kier alpha value is 0.230. The van der Waals surface area contributed by atoms with Gasteiger partial charge in [0.2, 0.25) is 0 Å². The maximum absolute atomic E-state index is 5.95. The third-order valence-electron chi connectivity index (χ3n) is 4.02. The van der Waals surface area contributed by atoms with Crippen LogP contribution in [0.5, 0.6) is 0 Å². The molecule has 1 rings (SSSR count). The Morgan fingerprint density at radius 2 is 2.06 bits per heavy atom. The largest absolute Gasteiger partial charge is 0.329 e. The molecule has 0 aliphatic carbocycles. The lowest BCUT2D eigenvalue weighted by molar-refractivity contribution is 0.0166. The zero-order chi connectivity index (χ0) is 12.9. The molecule has 0 radical (unpaired) electrons.